The van der Waals surface area contributed by atoms with Gasteiger partial charge in [-0.2, -0.15) is 0 Å². The summed E-state index contributed by atoms with van der Waals surface area (Å²) in [6.45, 7) is 1.97. The van der Waals surface area contributed by atoms with Crippen LogP contribution in [-0.2, 0) is 11.3 Å². The normalized spacial score (nSPS) is 12.6. The van der Waals surface area contributed by atoms with E-state index in [0.29, 0.717) is 6.54 Å². The van der Waals surface area contributed by atoms with Crippen molar-refractivity contribution in [3.05, 3.63) is 36.0 Å². The van der Waals surface area contributed by atoms with E-state index >= 15 is 0 Å². The molecule has 0 fully saturated rings. The predicted octanol–water partition coefficient (Wildman–Crippen LogP) is 1.51. The average molecular weight is 232 g/mol. The van der Waals surface area contributed by atoms with Crippen molar-refractivity contribution in [3.63, 3.8) is 0 Å². The molecule has 0 saturated heterocycles. The quantitative estimate of drug-likeness (QED) is 0.842. The molecular weight excluding hydrogens is 216 g/mol. The minimum absolute atomic E-state index is 0.268. The zero-order valence-corrected chi connectivity index (χ0v) is 9.97. The van der Waals surface area contributed by atoms with Gasteiger partial charge in [-0.15, -0.1) is 0 Å². The number of H-pyrrole nitrogens is 1. The molecule has 1 aromatic heterocycles. The molecule has 4 nitrogen and oxygen atoms in total. The van der Waals surface area contributed by atoms with Crippen LogP contribution in [0.2, 0.25) is 0 Å². The topological polar surface area (TPSA) is 56.3 Å². The molecular formula is C13H16N2O2. The van der Waals surface area contributed by atoms with E-state index < -0.39 is 6.10 Å². The number of hydrogen-bond donors (Lipinski definition) is 2. The van der Waals surface area contributed by atoms with Gasteiger partial charge in [0.05, 0.1) is 0 Å². The predicted molar refractivity (Wildman–Crippen MR) is 66.5 cm³/mol. The number of aromatic amines is 1. The Bertz CT molecular complexity index is 531. The van der Waals surface area contributed by atoms with E-state index in [1.165, 1.54) is 11.8 Å². The first-order valence-corrected chi connectivity index (χ1v) is 5.57. The monoisotopic (exact) mass is 232 g/mol. The molecule has 17 heavy (non-hydrogen) atoms. The zero-order chi connectivity index (χ0) is 12.4. The fourth-order valence-corrected chi connectivity index (χ4v) is 1.91. The highest BCUT2D eigenvalue weighted by Crippen LogP contribution is 2.18. The molecule has 0 radical (unpaired) electrons. The fraction of sp³-hybridized carbons (Fsp3) is 0.308. The summed E-state index contributed by atoms with van der Waals surface area (Å²) < 4.78 is 0. The molecule has 0 saturated carbocycles. The maximum atomic E-state index is 11.6. The van der Waals surface area contributed by atoms with E-state index in [4.69, 9.17) is 0 Å². The van der Waals surface area contributed by atoms with Crippen LogP contribution in [0.15, 0.2) is 30.5 Å². The molecule has 0 bridgehead atoms. The first-order valence-electron chi connectivity index (χ1n) is 5.57. The molecule has 1 amide bonds. The Balaban J connectivity index is 2.21. The van der Waals surface area contributed by atoms with Crippen LogP contribution in [0.4, 0.5) is 0 Å². The summed E-state index contributed by atoms with van der Waals surface area (Å²) >= 11 is 0. The van der Waals surface area contributed by atoms with Crippen LogP contribution < -0.4 is 0 Å². The molecule has 0 aliphatic rings. The van der Waals surface area contributed by atoms with Gasteiger partial charge < -0.3 is 15.0 Å². The molecule has 4 heteroatoms. The van der Waals surface area contributed by atoms with Gasteiger partial charge in [-0.05, 0) is 18.6 Å². The number of aliphatic hydroxyl groups excluding tert-OH is 1. The van der Waals surface area contributed by atoms with Crippen LogP contribution in [0.1, 0.15) is 12.5 Å². The second-order valence-corrected chi connectivity index (χ2v) is 4.23. The van der Waals surface area contributed by atoms with Gasteiger partial charge in [0.1, 0.15) is 6.10 Å². The molecule has 0 spiro atoms. The number of hydrogen-bond acceptors (Lipinski definition) is 2. The second-order valence-electron chi connectivity index (χ2n) is 4.23. The molecule has 2 rings (SSSR count). The number of para-hydroxylation sites is 1. The minimum atomic E-state index is -0.954. The second kappa shape index (κ2) is 4.59. The van der Waals surface area contributed by atoms with Crippen molar-refractivity contribution < 1.29 is 9.90 Å². The Hall–Kier alpha value is -1.81. The number of amides is 1. The number of fused-ring (bicyclic) bond motifs is 1. The Morgan fingerprint density at radius 2 is 2.18 bits per heavy atom. The standard InChI is InChI=1S/C13H16N2O2/c1-9(16)13(17)15(2)8-10-7-14-12-6-4-3-5-11(10)12/h3-7,9,14,16H,8H2,1-2H3. The van der Waals surface area contributed by atoms with E-state index in [1.54, 1.807) is 7.05 Å². The summed E-state index contributed by atoms with van der Waals surface area (Å²) in [6.07, 6.45) is 0.946. The summed E-state index contributed by atoms with van der Waals surface area (Å²) in [7, 11) is 1.69. The van der Waals surface area contributed by atoms with Crippen LogP contribution in [-0.4, -0.2) is 34.0 Å². The van der Waals surface area contributed by atoms with Crippen molar-refractivity contribution in [2.75, 3.05) is 7.05 Å². The summed E-state index contributed by atoms with van der Waals surface area (Å²) in [4.78, 5) is 16.3. The SMILES string of the molecule is CC(O)C(=O)N(C)Cc1c[nH]c2ccccc12. The number of carbonyl (C=O) groups is 1. The summed E-state index contributed by atoms with van der Waals surface area (Å²) in [5.41, 5.74) is 2.11. The van der Waals surface area contributed by atoms with Crippen molar-refractivity contribution in [1.29, 1.82) is 0 Å². The van der Waals surface area contributed by atoms with E-state index in [9.17, 15) is 9.90 Å². The molecule has 2 N–H and O–H groups in total. The summed E-state index contributed by atoms with van der Waals surface area (Å²) in [6, 6.07) is 7.95. The Morgan fingerprint density at radius 1 is 1.47 bits per heavy atom. The number of nitrogens with zero attached hydrogens (tertiary/aromatic N) is 1. The van der Waals surface area contributed by atoms with Crippen LogP contribution in [0, 0.1) is 0 Å². The van der Waals surface area contributed by atoms with Crippen molar-refractivity contribution in [2.45, 2.75) is 19.6 Å². The van der Waals surface area contributed by atoms with Gasteiger partial charge in [-0.25, -0.2) is 0 Å². The molecule has 1 aromatic carbocycles. The number of rotatable bonds is 3. The highest BCUT2D eigenvalue weighted by molar-refractivity contribution is 5.84. The van der Waals surface area contributed by atoms with Crippen molar-refractivity contribution >= 4 is 16.8 Å². The minimum Gasteiger partial charge on any atom is -0.384 e. The lowest BCUT2D eigenvalue weighted by Crippen LogP contribution is -2.34. The lowest BCUT2D eigenvalue weighted by atomic mass is 10.1. The van der Waals surface area contributed by atoms with Gasteiger partial charge in [0.2, 0.25) is 0 Å². The zero-order valence-electron chi connectivity index (χ0n) is 9.97. The molecule has 1 atom stereocenters. The summed E-state index contributed by atoms with van der Waals surface area (Å²) in [5.74, 6) is -0.268. The third-order valence-corrected chi connectivity index (χ3v) is 2.82. The van der Waals surface area contributed by atoms with Gasteiger partial charge in [-0.1, -0.05) is 18.2 Å². The molecule has 0 aliphatic carbocycles. The van der Waals surface area contributed by atoms with E-state index in [2.05, 4.69) is 4.98 Å². The first kappa shape index (κ1) is 11.7. The van der Waals surface area contributed by atoms with Crippen molar-refractivity contribution in [1.82, 2.24) is 9.88 Å². The van der Waals surface area contributed by atoms with Gasteiger partial charge in [0, 0.05) is 30.7 Å². The van der Waals surface area contributed by atoms with E-state index in [1.807, 2.05) is 30.5 Å². The third kappa shape index (κ3) is 2.31. The smallest absolute Gasteiger partial charge is 0.251 e. The highest BCUT2D eigenvalue weighted by Gasteiger charge is 2.15. The van der Waals surface area contributed by atoms with E-state index in [0.717, 1.165) is 16.5 Å². The molecule has 1 heterocycles. The highest BCUT2D eigenvalue weighted by atomic mass is 16.3. The molecule has 90 valence electrons. The average Bonchev–Trinajstić information content (AvgIpc) is 2.71. The van der Waals surface area contributed by atoms with Crippen LogP contribution in [0.5, 0.6) is 0 Å². The van der Waals surface area contributed by atoms with Gasteiger partial charge in [0.15, 0.2) is 0 Å². The largest absolute Gasteiger partial charge is 0.384 e. The first-order chi connectivity index (χ1) is 8.09. The fourth-order valence-electron chi connectivity index (χ4n) is 1.91. The maximum absolute atomic E-state index is 11.6. The summed E-state index contributed by atoms with van der Waals surface area (Å²) in [5, 5.41) is 10.3. The third-order valence-electron chi connectivity index (χ3n) is 2.82. The Morgan fingerprint density at radius 3 is 2.88 bits per heavy atom. The number of carbonyl (C=O) groups excluding carboxylic acids is 1. The molecule has 1 unspecified atom stereocenters. The molecule has 0 aliphatic heterocycles. The Kier molecular flexibility index (Phi) is 3.15. The lowest BCUT2D eigenvalue weighted by Gasteiger charge is -2.18. The number of aromatic nitrogens is 1. The number of likely N-dealkylation sites (N-methyl/N-ethyl adjacent to an activating group) is 1. The van der Waals surface area contributed by atoms with Gasteiger partial charge in [0.25, 0.3) is 5.91 Å². The maximum Gasteiger partial charge on any atom is 0.251 e. The van der Waals surface area contributed by atoms with Crippen LogP contribution >= 0.6 is 0 Å². The van der Waals surface area contributed by atoms with Crippen LogP contribution in [0.3, 0.4) is 0 Å². The molecule has 2 aromatic rings. The number of benzene rings is 1. The van der Waals surface area contributed by atoms with Crippen molar-refractivity contribution in [2.24, 2.45) is 0 Å². The number of nitrogens with one attached hydrogen (secondary N) is 1. The van der Waals surface area contributed by atoms with Gasteiger partial charge in [-0.3, -0.25) is 4.79 Å². The van der Waals surface area contributed by atoms with Gasteiger partial charge >= 0.3 is 0 Å². The van der Waals surface area contributed by atoms with Crippen molar-refractivity contribution in [3.8, 4) is 0 Å². The Labute approximate surface area is 99.9 Å². The van der Waals surface area contributed by atoms with E-state index in [-0.39, 0.29) is 5.91 Å². The van der Waals surface area contributed by atoms with Crippen LogP contribution in [0.25, 0.3) is 10.9 Å². The lowest BCUT2D eigenvalue weighted by molar-refractivity contribution is -0.138. The number of aliphatic hydroxyl groups is 1.